The van der Waals surface area contributed by atoms with Crippen LogP contribution in [0.1, 0.15) is 5.56 Å². The Balaban J connectivity index is 1.89. The number of hydrogen-bond acceptors (Lipinski definition) is 3. The molecule has 112 valence electrons. The molecule has 0 fully saturated rings. The van der Waals surface area contributed by atoms with Crippen molar-refractivity contribution in [3.63, 3.8) is 0 Å². The number of alkyl halides is 3. The van der Waals surface area contributed by atoms with Crippen LogP contribution in [0.5, 0.6) is 11.5 Å². The molecule has 2 rings (SSSR count). The lowest BCUT2D eigenvalue weighted by atomic mass is 10.1. The quantitative estimate of drug-likeness (QED) is 0.675. The summed E-state index contributed by atoms with van der Waals surface area (Å²) in [6.07, 6.45) is -4.50. The van der Waals surface area contributed by atoms with E-state index in [1.165, 1.54) is 12.1 Å². The smallest absolute Gasteiger partial charge is 0.418 e. The molecular formula is C15H14F3NO2. The number of halogens is 3. The first kappa shape index (κ1) is 15.0. The molecule has 0 aliphatic heterocycles. The summed E-state index contributed by atoms with van der Waals surface area (Å²) in [6, 6.07) is 12.5. The zero-order chi connectivity index (χ0) is 15.3. The Hall–Kier alpha value is -2.37. The van der Waals surface area contributed by atoms with Crippen LogP contribution in [0.2, 0.25) is 0 Å². The number of anilines is 1. The Morgan fingerprint density at radius 2 is 1.48 bits per heavy atom. The summed E-state index contributed by atoms with van der Waals surface area (Å²) in [5, 5.41) is 0. The summed E-state index contributed by atoms with van der Waals surface area (Å²) in [6.45, 7) is 0.367. The third-order valence-electron chi connectivity index (χ3n) is 2.69. The molecule has 0 unspecified atom stereocenters. The number of nitrogen functional groups attached to an aromatic ring is 1. The van der Waals surface area contributed by atoms with Gasteiger partial charge in [0.15, 0.2) is 0 Å². The summed E-state index contributed by atoms with van der Waals surface area (Å²) < 4.78 is 48.6. The molecule has 6 heteroatoms. The molecule has 0 radical (unpaired) electrons. The second kappa shape index (κ2) is 6.39. The lowest BCUT2D eigenvalue weighted by Gasteiger charge is -2.13. The van der Waals surface area contributed by atoms with Gasteiger partial charge in [0, 0.05) is 5.69 Å². The van der Waals surface area contributed by atoms with Crippen molar-refractivity contribution in [1.29, 1.82) is 0 Å². The molecular weight excluding hydrogens is 283 g/mol. The molecule has 0 saturated carbocycles. The molecule has 2 aromatic carbocycles. The molecule has 0 spiro atoms. The van der Waals surface area contributed by atoms with Gasteiger partial charge in [-0.1, -0.05) is 18.2 Å². The highest BCUT2D eigenvalue weighted by Crippen LogP contribution is 2.35. The number of rotatable bonds is 5. The maximum Gasteiger partial charge on any atom is 0.418 e. The van der Waals surface area contributed by atoms with E-state index in [1.54, 1.807) is 12.1 Å². The van der Waals surface area contributed by atoms with Gasteiger partial charge in [0.05, 0.1) is 5.56 Å². The van der Waals surface area contributed by atoms with Crippen LogP contribution < -0.4 is 15.2 Å². The van der Waals surface area contributed by atoms with Crippen molar-refractivity contribution in [1.82, 2.24) is 0 Å². The van der Waals surface area contributed by atoms with E-state index in [2.05, 4.69) is 0 Å². The highest BCUT2D eigenvalue weighted by Gasteiger charge is 2.33. The zero-order valence-electron chi connectivity index (χ0n) is 11.1. The minimum absolute atomic E-state index is 0.105. The van der Waals surface area contributed by atoms with Gasteiger partial charge in [-0.25, -0.2) is 0 Å². The molecule has 21 heavy (non-hydrogen) atoms. The van der Waals surface area contributed by atoms with Gasteiger partial charge in [-0.3, -0.25) is 0 Å². The van der Waals surface area contributed by atoms with Crippen LogP contribution in [0, 0.1) is 0 Å². The molecule has 3 nitrogen and oxygen atoms in total. The van der Waals surface area contributed by atoms with Gasteiger partial charge >= 0.3 is 6.18 Å². The van der Waals surface area contributed by atoms with E-state index in [1.807, 2.05) is 18.2 Å². The van der Waals surface area contributed by atoms with Crippen LogP contribution >= 0.6 is 0 Å². The van der Waals surface area contributed by atoms with E-state index in [0.29, 0.717) is 5.75 Å². The minimum Gasteiger partial charge on any atom is -0.490 e. The Bertz CT molecular complexity index is 585. The Labute approximate surface area is 120 Å². The average molecular weight is 297 g/mol. The van der Waals surface area contributed by atoms with Gasteiger partial charge in [0.25, 0.3) is 0 Å². The summed E-state index contributed by atoms with van der Waals surface area (Å²) in [5.74, 6) is 0.780. The first-order chi connectivity index (χ1) is 9.97. The summed E-state index contributed by atoms with van der Waals surface area (Å²) >= 11 is 0. The monoisotopic (exact) mass is 297 g/mol. The molecule has 0 amide bonds. The number of benzene rings is 2. The van der Waals surface area contributed by atoms with Gasteiger partial charge in [-0.2, -0.15) is 13.2 Å². The zero-order valence-corrected chi connectivity index (χ0v) is 11.1. The van der Waals surface area contributed by atoms with Crippen LogP contribution in [-0.4, -0.2) is 13.2 Å². The van der Waals surface area contributed by atoms with E-state index in [0.717, 1.165) is 6.07 Å². The predicted octanol–water partition coefficient (Wildman–Crippen LogP) is 3.75. The molecule has 0 aromatic heterocycles. The van der Waals surface area contributed by atoms with Crippen LogP contribution in [0.4, 0.5) is 18.9 Å². The standard InChI is InChI=1S/C15H14F3NO2/c16-15(17,18)13-10-12(6-7-14(13)19)21-9-8-20-11-4-2-1-3-5-11/h1-7,10H,8-9,19H2. The normalized spacial score (nSPS) is 11.2. The van der Waals surface area contributed by atoms with E-state index in [9.17, 15) is 13.2 Å². The largest absolute Gasteiger partial charge is 0.490 e. The summed E-state index contributed by atoms with van der Waals surface area (Å²) in [7, 11) is 0. The molecule has 0 aliphatic rings. The van der Waals surface area contributed by atoms with Crippen LogP contribution in [0.3, 0.4) is 0 Å². The number of ether oxygens (including phenoxy) is 2. The van der Waals surface area contributed by atoms with Gasteiger partial charge < -0.3 is 15.2 Å². The van der Waals surface area contributed by atoms with Gasteiger partial charge in [-0.05, 0) is 30.3 Å². The molecule has 2 aromatic rings. The summed E-state index contributed by atoms with van der Waals surface area (Å²) in [4.78, 5) is 0. The Morgan fingerprint density at radius 3 is 2.10 bits per heavy atom. The SMILES string of the molecule is Nc1ccc(OCCOc2ccccc2)cc1C(F)(F)F. The highest BCUT2D eigenvalue weighted by atomic mass is 19.4. The van der Waals surface area contributed by atoms with Crippen molar-refractivity contribution in [2.75, 3.05) is 18.9 Å². The fourth-order valence-electron chi connectivity index (χ4n) is 1.71. The van der Waals surface area contributed by atoms with Crippen LogP contribution in [0.15, 0.2) is 48.5 Å². The van der Waals surface area contributed by atoms with Gasteiger partial charge in [-0.15, -0.1) is 0 Å². The van der Waals surface area contributed by atoms with Crippen molar-refractivity contribution in [3.05, 3.63) is 54.1 Å². The lowest BCUT2D eigenvalue weighted by Crippen LogP contribution is -2.11. The lowest BCUT2D eigenvalue weighted by molar-refractivity contribution is -0.137. The first-order valence-corrected chi connectivity index (χ1v) is 6.24. The van der Waals surface area contributed by atoms with Crippen molar-refractivity contribution in [2.45, 2.75) is 6.18 Å². The van der Waals surface area contributed by atoms with E-state index >= 15 is 0 Å². The number of para-hydroxylation sites is 1. The van der Waals surface area contributed by atoms with E-state index in [-0.39, 0.29) is 24.7 Å². The third-order valence-corrected chi connectivity index (χ3v) is 2.69. The van der Waals surface area contributed by atoms with Crippen molar-refractivity contribution in [3.8, 4) is 11.5 Å². The first-order valence-electron chi connectivity index (χ1n) is 6.24. The van der Waals surface area contributed by atoms with Crippen molar-refractivity contribution < 1.29 is 22.6 Å². The van der Waals surface area contributed by atoms with Crippen molar-refractivity contribution >= 4 is 5.69 Å². The second-order valence-corrected chi connectivity index (χ2v) is 4.26. The topological polar surface area (TPSA) is 44.5 Å². The Morgan fingerprint density at radius 1 is 0.857 bits per heavy atom. The van der Waals surface area contributed by atoms with E-state index < -0.39 is 11.7 Å². The van der Waals surface area contributed by atoms with E-state index in [4.69, 9.17) is 15.2 Å². The van der Waals surface area contributed by atoms with Gasteiger partial charge in [0.2, 0.25) is 0 Å². The second-order valence-electron chi connectivity index (χ2n) is 4.26. The minimum atomic E-state index is -4.50. The van der Waals surface area contributed by atoms with Crippen LogP contribution in [0.25, 0.3) is 0 Å². The maximum atomic E-state index is 12.7. The molecule has 0 aliphatic carbocycles. The molecule has 0 bridgehead atoms. The molecule has 0 heterocycles. The number of nitrogens with two attached hydrogens (primary N) is 1. The van der Waals surface area contributed by atoms with Crippen LogP contribution in [-0.2, 0) is 6.18 Å². The Kier molecular flexibility index (Phi) is 4.57. The molecule has 2 N–H and O–H groups in total. The van der Waals surface area contributed by atoms with Crippen molar-refractivity contribution in [2.24, 2.45) is 0 Å². The fraction of sp³-hybridized carbons (Fsp3) is 0.200. The number of hydrogen-bond donors (Lipinski definition) is 1. The maximum absolute atomic E-state index is 12.7. The highest BCUT2D eigenvalue weighted by molar-refractivity contribution is 5.51. The predicted molar refractivity (Wildman–Crippen MR) is 73.3 cm³/mol. The molecule has 0 saturated heterocycles. The average Bonchev–Trinajstić information content (AvgIpc) is 2.45. The molecule has 0 atom stereocenters. The summed E-state index contributed by atoms with van der Waals surface area (Å²) in [5.41, 5.74) is 4.08. The van der Waals surface area contributed by atoms with Gasteiger partial charge in [0.1, 0.15) is 24.7 Å². The fourth-order valence-corrected chi connectivity index (χ4v) is 1.71. The third kappa shape index (κ3) is 4.30.